The summed E-state index contributed by atoms with van der Waals surface area (Å²) in [5.74, 6) is -1.11. The summed E-state index contributed by atoms with van der Waals surface area (Å²) in [7, 11) is 1.31. The van der Waals surface area contributed by atoms with Gasteiger partial charge in [0.1, 0.15) is 0 Å². The number of alkyl halides is 2. The quantitative estimate of drug-likeness (QED) is 0.860. The summed E-state index contributed by atoms with van der Waals surface area (Å²) >= 11 is 0. The lowest BCUT2D eigenvalue weighted by molar-refractivity contribution is -0.136. The zero-order chi connectivity index (χ0) is 12.3. The maximum absolute atomic E-state index is 12.7. The van der Waals surface area contributed by atoms with Crippen LogP contribution in [0.4, 0.5) is 8.78 Å². The molecule has 0 aliphatic carbocycles. The van der Waals surface area contributed by atoms with Gasteiger partial charge in [-0.05, 0) is 12.5 Å². The van der Waals surface area contributed by atoms with Crippen molar-refractivity contribution in [3.63, 3.8) is 0 Å². The number of ether oxygens (including phenoxy) is 1. The van der Waals surface area contributed by atoms with Gasteiger partial charge < -0.3 is 9.84 Å². The molecule has 0 saturated heterocycles. The molecule has 1 aromatic heterocycles. The highest BCUT2D eigenvalue weighted by molar-refractivity contribution is 5.71. The second kappa shape index (κ2) is 4.87. The summed E-state index contributed by atoms with van der Waals surface area (Å²) in [6.07, 6.45) is -3.22. The lowest BCUT2D eigenvalue weighted by Crippen LogP contribution is -2.08. The number of hydrogen-bond acceptors (Lipinski definition) is 3. The lowest BCUT2D eigenvalue weighted by Gasteiger charge is -2.11. The smallest absolute Gasteiger partial charge is 0.307 e. The predicted molar refractivity (Wildman–Crippen MR) is 51.8 cm³/mol. The van der Waals surface area contributed by atoms with Crippen LogP contribution >= 0.6 is 0 Å². The summed E-state index contributed by atoms with van der Waals surface area (Å²) in [6, 6.07) is 1.07. The van der Waals surface area contributed by atoms with E-state index in [-0.39, 0.29) is 22.7 Å². The number of aryl methyl sites for hydroxylation is 1. The summed E-state index contributed by atoms with van der Waals surface area (Å²) in [6.45, 7) is 1.48. The monoisotopic (exact) mass is 231 g/mol. The molecule has 0 aliphatic rings. The number of carboxylic acids is 1. The van der Waals surface area contributed by atoms with Gasteiger partial charge in [0.25, 0.3) is 6.43 Å². The number of rotatable bonds is 4. The Morgan fingerprint density at radius 3 is 2.69 bits per heavy atom. The zero-order valence-corrected chi connectivity index (χ0v) is 8.83. The molecule has 16 heavy (non-hydrogen) atoms. The minimum Gasteiger partial charge on any atom is -0.481 e. The highest BCUT2D eigenvalue weighted by atomic mass is 19.3. The third-order valence-corrected chi connectivity index (χ3v) is 2.11. The number of aliphatic carboxylic acids is 1. The molecular formula is C10H11F2NO3. The molecule has 0 aliphatic heterocycles. The second-order valence-corrected chi connectivity index (χ2v) is 3.19. The molecule has 88 valence electrons. The molecule has 0 radical (unpaired) electrons. The highest BCUT2D eigenvalue weighted by Gasteiger charge is 2.19. The van der Waals surface area contributed by atoms with Gasteiger partial charge in [-0.15, -0.1) is 0 Å². The van der Waals surface area contributed by atoms with E-state index < -0.39 is 18.8 Å². The molecule has 1 N–H and O–H groups in total. The molecule has 1 aromatic rings. The minimum absolute atomic E-state index is 0.0447. The topological polar surface area (TPSA) is 59.4 Å². The number of carbonyl (C=O) groups is 1. The van der Waals surface area contributed by atoms with Crippen molar-refractivity contribution in [3.05, 3.63) is 22.9 Å². The average Bonchev–Trinajstić information content (AvgIpc) is 2.19. The van der Waals surface area contributed by atoms with Crippen LogP contribution in [0.1, 0.15) is 23.2 Å². The SMILES string of the molecule is COc1cc(C(F)F)c(CC(=O)O)c(C)n1. The van der Waals surface area contributed by atoms with E-state index in [2.05, 4.69) is 4.98 Å². The first-order chi connectivity index (χ1) is 7.45. The molecule has 0 spiro atoms. The number of hydrogen-bond donors (Lipinski definition) is 1. The third kappa shape index (κ3) is 2.65. The van der Waals surface area contributed by atoms with Crippen LogP contribution in [0.2, 0.25) is 0 Å². The standard InChI is InChI=1S/C10H11F2NO3/c1-5-6(4-9(14)15)7(10(11)12)3-8(13-5)16-2/h3,10H,4H2,1-2H3,(H,14,15). The molecule has 0 atom stereocenters. The highest BCUT2D eigenvalue weighted by Crippen LogP contribution is 2.28. The van der Waals surface area contributed by atoms with Gasteiger partial charge in [-0.1, -0.05) is 0 Å². The van der Waals surface area contributed by atoms with Crippen molar-refractivity contribution in [2.75, 3.05) is 7.11 Å². The number of nitrogens with zero attached hydrogens (tertiary/aromatic N) is 1. The Morgan fingerprint density at radius 1 is 1.62 bits per heavy atom. The number of methoxy groups -OCH3 is 1. The van der Waals surface area contributed by atoms with Crippen LogP contribution < -0.4 is 4.74 Å². The van der Waals surface area contributed by atoms with Crippen LogP contribution in [-0.4, -0.2) is 23.2 Å². The van der Waals surface area contributed by atoms with Crippen LogP contribution in [0.15, 0.2) is 6.07 Å². The van der Waals surface area contributed by atoms with Gasteiger partial charge in [0.15, 0.2) is 0 Å². The Morgan fingerprint density at radius 2 is 2.25 bits per heavy atom. The van der Waals surface area contributed by atoms with Crippen LogP contribution in [-0.2, 0) is 11.2 Å². The van der Waals surface area contributed by atoms with E-state index in [1.54, 1.807) is 0 Å². The number of aromatic nitrogens is 1. The molecule has 0 saturated carbocycles. The minimum atomic E-state index is -2.75. The molecule has 0 unspecified atom stereocenters. The molecule has 0 amide bonds. The van der Waals surface area contributed by atoms with E-state index in [0.29, 0.717) is 0 Å². The normalized spacial score (nSPS) is 10.6. The summed E-state index contributed by atoms with van der Waals surface area (Å²) in [5, 5.41) is 8.62. The molecule has 6 heteroatoms. The maximum atomic E-state index is 12.7. The van der Waals surface area contributed by atoms with Crippen LogP contribution in [0.3, 0.4) is 0 Å². The first-order valence-electron chi connectivity index (χ1n) is 4.50. The van der Waals surface area contributed by atoms with Gasteiger partial charge in [0.2, 0.25) is 5.88 Å². The Kier molecular flexibility index (Phi) is 3.76. The Hall–Kier alpha value is -1.72. The van der Waals surface area contributed by atoms with Crippen molar-refractivity contribution in [3.8, 4) is 5.88 Å². The van der Waals surface area contributed by atoms with Gasteiger partial charge in [-0.3, -0.25) is 4.79 Å². The molecule has 1 rings (SSSR count). The van der Waals surface area contributed by atoms with Gasteiger partial charge in [0, 0.05) is 17.3 Å². The predicted octanol–water partition coefficient (Wildman–Crippen LogP) is 1.96. The number of halogens is 2. The fourth-order valence-electron chi connectivity index (χ4n) is 1.37. The van der Waals surface area contributed by atoms with Crippen LogP contribution in [0.25, 0.3) is 0 Å². The van der Waals surface area contributed by atoms with E-state index in [9.17, 15) is 13.6 Å². The fraction of sp³-hybridized carbons (Fsp3) is 0.400. The van der Waals surface area contributed by atoms with Crippen molar-refractivity contribution in [2.45, 2.75) is 19.8 Å². The van der Waals surface area contributed by atoms with Crippen molar-refractivity contribution >= 4 is 5.97 Å². The first-order valence-corrected chi connectivity index (χ1v) is 4.50. The van der Waals surface area contributed by atoms with Crippen molar-refractivity contribution in [2.24, 2.45) is 0 Å². The van der Waals surface area contributed by atoms with Gasteiger partial charge in [-0.2, -0.15) is 0 Å². The molecule has 1 heterocycles. The summed E-state index contributed by atoms with van der Waals surface area (Å²) in [4.78, 5) is 14.4. The first kappa shape index (κ1) is 12.4. The van der Waals surface area contributed by atoms with Crippen molar-refractivity contribution in [1.29, 1.82) is 0 Å². The summed E-state index contributed by atoms with van der Waals surface area (Å²) in [5.41, 5.74) is -0.0490. The van der Waals surface area contributed by atoms with Crippen LogP contribution in [0.5, 0.6) is 5.88 Å². The molecular weight excluding hydrogens is 220 g/mol. The summed E-state index contributed by atoms with van der Waals surface area (Å²) < 4.78 is 30.1. The van der Waals surface area contributed by atoms with Crippen LogP contribution in [0, 0.1) is 6.92 Å². The van der Waals surface area contributed by atoms with E-state index >= 15 is 0 Å². The largest absolute Gasteiger partial charge is 0.481 e. The van der Waals surface area contributed by atoms with Gasteiger partial charge >= 0.3 is 5.97 Å². The maximum Gasteiger partial charge on any atom is 0.307 e. The molecule has 0 fully saturated rings. The molecule has 0 aromatic carbocycles. The van der Waals surface area contributed by atoms with Gasteiger partial charge in [-0.25, -0.2) is 13.8 Å². The lowest BCUT2D eigenvalue weighted by atomic mass is 10.0. The number of carboxylic acid groups (broad SMARTS) is 1. The fourth-order valence-corrected chi connectivity index (χ4v) is 1.37. The Bertz CT molecular complexity index is 407. The van der Waals surface area contributed by atoms with E-state index in [0.717, 1.165) is 6.07 Å². The third-order valence-electron chi connectivity index (χ3n) is 2.11. The van der Waals surface area contributed by atoms with Crippen molar-refractivity contribution in [1.82, 2.24) is 4.98 Å². The Balaban J connectivity index is 3.27. The van der Waals surface area contributed by atoms with E-state index in [1.807, 2.05) is 0 Å². The number of pyridine rings is 1. The van der Waals surface area contributed by atoms with E-state index in [4.69, 9.17) is 9.84 Å². The zero-order valence-electron chi connectivity index (χ0n) is 8.83. The molecule has 0 bridgehead atoms. The second-order valence-electron chi connectivity index (χ2n) is 3.19. The Labute approximate surface area is 90.9 Å². The van der Waals surface area contributed by atoms with Crippen molar-refractivity contribution < 1.29 is 23.4 Å². The average molecular weight is 231 g/mol. The van der Waals surface area contributed by atoms with E-state index in [1.165, 1.54) is 14.0 Å². The van der Waals surface area contributed by atoms with Gasteiger partial charge in [0.05, 0.1) is 13.5 Å². The molecule has 4 nitrogen and oxygen atoms in total.